The normalized spacial score (nSPS) is 11.4. The summed E-state index contributed by atoms with van der Waals surface area (Å²) in [6.07, 6.45) is 2.50. The molecule has 1 aromatic heterocycles. The van der Waals surface area contributed by atoms with E-state index in [1.807, 2.05) is 12.1 Å². The van der Waals surface area contributed by atoms with Crippen molar-refractivity contribution < 1.29 is 14.7 Å². The predicted octanol–water partition coefficient (Wildman–Crippen LogP) is 3.79. The number of carbonyl (C=O) groups excluding carboxylic acids is 1. The molecule has 12 heteroatoms. The molecule has 0 radical (unpaired) electrons. The number of nitrogens with two attached hydrogens (primary N) is 2. The third kappa shape index (κ3) is 5.99. The molecule has 0 unspecified atom stereocenters. The molecule has 1 aliphatic heterocycles. The Morgan fingerprint density at radius 1 is 1.09 bits per heavy atom. The van der Waals surface area contributed by atoms with Crippen molar-refractivity contribution >= 4 is 72.2 Å². The molecule has 34 heavy (non-hydrogen) atoms. The minimum absolute atomic E-state index is 0. The highest BCUT2D eigenvalue weighted by molar-refractivity contribution is 6.01. The van der Waals surface area contributed by atoms with Crippen LogP contribution in [0.5, 0.6) is 0 Å². The standard InChI is InChI=1S/C22H22N6O3.3ClH/c1-12(29)26-18-4-2-14(9-17(18)21(30)31)13-3-5-19-15(8-13)6-7-28(19)11-16-10-25-22(24)27-20(16)23;;;/h2-5,8-10H,6-7,11H2,1H3,(H,26,29)(H,30,31)(H4,23,24,25,27);3*1H. The van der Waals surface area contributed by atoms with Crippen molar-refractivity contribution in [2.75, 3.05) is 28.2 Å². The molecule has 0 fully saturated rings. The Bertz CT molecular complexity index is 1210. The molecule has 9 nitrogen and oxygen atoms in total. The number of anilines is 4. The molecule has 1 aliphatic rings. The van der Waals surface area contributed by atoms with Crippen molar-refractivity contribution in [1.82, 2.24) is 9.97 Å². The fourth-order valence-electron chi connectivity index (χ4n) is 3.78. The third-order valence-electron chi connectivity index (χ3n) is 5.24. The van der Waals surface area contributed by atoms with E-state index in [4.69, 9.17) is 11.5 Å². The molecular formula is C22H25Cl3N6O3. The molecular weight excluding hydrogens is 503 g/mol. The number of benzene rings is 2. The van der Waals surface area contributed by atoms with Crippen molar-refractivity contribution in [2.45, 2.75) is 19.9 Å². The lowest BCUT2D eigenvalue weighted by atomic mass is 9.99. The van der Waals surface area contributed by atoms with Crippen molar-refractivity contribution in [3.8, 4) is 11.1 Å². The van der Waals surface area contributed by atoms with Gasteiger partial charge in [0.2, 0.25) is 11.9 Å². The fourth-order valence-corrected chi connectivity index (χ4v) is 3.78. The van der Waals surface area contributed by atoms with Gasteiger partial charge in [-0.3, -0.25) is 4.79 Å². The number of aromatic carboxylic acids is 1. The summed E-state index contributed by atoms with van der Waals surface area (Å²) < 4.78 is 0. The van der Waals surface area contributed by atoms with Gasteiger partial charge in [-0.15, -0.1) is 37.2 Å². The minimum atomic E-state index is -1.10. The number of carbonyl (C=O) groups is 2. The second-order valence-corrected chi connectivity index (χ2v) is 7.40. The van der Waals surface area contributed by atoms with E-state index in [0.29, 0.717) is 12.4 Å². The van der Waals surface area contributed by atoms with Gasteiger partial charge in [0.05, 0.1) is 11.3 Å². The zero-order valence-electron chi connectivity index (χ0n) is 18.1. The maximum absolute atomic E-state index is 11.7. The van der Waals surface area contributed by atoms with E-state index in [-0.39, 0.29) is 60.3 Å². The second-order valence-electron chi connectivity index (χ2n) is 7.40. The van der Waals surface area contributed by atoms with Gasteiger partial charge in [-0.2, -0.15) is 4.98 Å². The van der Waals surface area contributed by atoms with Crippen LogP contribution in [-0.4, -0.2) is 33.5 Å². The Hall–Kier alpha value is -3.27. The van der Waals surface area contributed by atoms with Crippen LogP contribution in [0.1, 0.15) is 28.4 Å². The van der Waals surface area contributed by atoms with Crippen molar-refractivity contribution in [2.24, 2.45) is 0 Å². The summed E-state index contributed by atoms with van der Waals surface area (Å²) in [5.74, 6) is -0.891. The van der Waals surface area contributed by atoms with Gasteiger partial charge in [0.25, 0.3) is 0 Å². The van der Waals surface area contributed by atoms with Crippen LogP contribution < -0.4 is 21.7 Å². The van der Waals surface area contributed by atoms with Crippen LogP contribution in [-0.2, 0) is 17.8 Å². The summed E-state index contributed by atoms with van der Waals surface area (Å²) in [6, 6.07) is 11.0. The lowest BCUT2D eigenvalue weighted by Gasteiger charge is -2.20. The molecule has 0 aliphatic carbocycles. The van der Waals surface area contributed by atoms with Crippen molar-refractivity contribution in [1.29, 1.82) is 0 Å². The van der Waals surface area contributed by atoms with Gasteiger partial charge in [-0.05, 0) is 47.4 Å². The Morgan fingerprint density at radius 3 is 2.41 bits per heavy atom. The predicted molar refractivity (Wildman–Crippen MR) is 140 cm³/mol. The van der Waals surface area contributed by atoms with E-state index in [1.54, 1.807) is 24.4 Å². The molecule has 0 atom stereocenters. The van der Waals surface area contributed by atoms with E-state index in [1.165, 1.54) is 6.92 Å². The van der Waals surface area contributed by atoms with Crippen LogP contribution >= 0.6 is 37.2 Å². The highest BCUT2D eigenvalue weighted by Crippen LogP contribution is 2.34. The zero-order valence-corrected chi connectivity index (χ0v) is 20.6. The van der Waals surface area contributed by atoms with Crippen LogP contribution in [0.3, 0.4) is 0 Å². The van der Waals surface area contributed by atoms with E-state index >= 15 is 0 Å². The number of hydrogen-bond donors (Lipinski definition) is 4. The topological polar surface area (TPSA) is 147 Å². The third-order valence-corrected chi connectivity index (χ3v) is 5.24. The summed E-state index contributed by atoms with van der Waals surface area (Å²) in [6.45, 7) is 2.74. The number of amides is 1. The van der Waals surface area contributed by atoms with Crippen LogP contribution in [0.4, 0.5) is 23.1 Å². The number of halogens is 3. The van der Waals surface area contributed by atoms with Gasteiger partial charge in [-0.1, -0.05) is 12.1 Å². The highest BCUT2D eigenvalue weighted by atomic mass is 35.5. The quantitative estimate of drug-likeness (QED) is 0.392. The van der Waals surface area contributed by atoms with Gasteiger partial charge in [-0.25, -0.2) is 9.78 Å². The van der Waals surface area contributed by atoms with Crippen LogP contribution in [0, 0.1) is 0 Å². The SMILES string of the molecule is CC(=O)Nc1ccc(-c2ccc3c(c2)CCN3Cc2cnc(N)nc2N)cc1C(=O)O.Cl.Cl.Cl. The zero-order chi connectivity index (χ0) is 22.1. The lowest BCUT2D eigenvalue weighted by Crippen LogP contribution is -2.21. The van der Waals surface area contributed by atoms with Gasteiger partial charge in [0.1, 0.15) is 5.82 Å². The summed E-state index contributed by atoms with van der Waals surface area (Å²) in [4.78, 5) is 33.2. The molecule has 0 saturated heterocycles. The van der Waals surface area contributed by atoms with Gasteiger partial charge in [0, 0.05) is 37.5 Å². The van der Waals surface area contributed by atoms with E-state index < -0.39 is 5.97 Å². The number of nitrogens with one attached hydrogen (secondary N) is 1. The molecule has 2 heterocycles. The first-order valence-corrected chi connectivity index (χ1v) is 9.72. The Labute approximate surface area is 215 Å². The minimum Gasteiger partial charge on any atom is -0.478 e. The molecule has 0 saturated carbocycles. The maximum Gasteiger partial charge on any atom is 0.337 e. The number of nitrogens with zero attached hydrogens (tertiary/aromatic N) is 3. The number of nitrogen functional groups attached to an aromatic ring is 2. The van der Waals surface area contributed by atoms with E-state index in [9.17, 15) is 14.7 Å². The van der Waals surface area contributed by atoms with Crippen LogP contribution in [0.2, 0.25) is 0 Å². The summed E-state index contributed by atoms with van der Waals surface area (Å²) >= 11 is 0. The number of carboxylic acid groups (broad SMARTS) is 1. The first-order valence-electron chi connectivity index (χ1n) is 9.72. The molecule has 1 amide bonds. The average molecular weight is 528 g/mol. The number of fused-ring (bicyclic) bond motifs is 1. The van der Waals surface area contributed by atoms with E-state index in [2.05, 4.69) is 26.3 Å². The first kappa shape index (κ1) is 28.8. The molecule has 182 valence electrons. The first-order chi connectivity index (χ1) is 14.8. The maximum atomic E-state index is 11.7. The molecule has 2 aromatic carbocycles. The number of aromatic nitrogens is 2. The largest absolute Gasteiger partial charge is 0.478 e. The van der Waals surface area contributed by atoms with Crippen molar-refractivity contribution in [3.63, 3.8) is 0 Å². The average Bonchev–Trinajstić information content (AvgIpc) is 3.12. The Balaban J connectivity index is 0.00000193. The molecule has 0 bridgehead atoms. The fraction of sp³-hybridized carbons (Fsp3) is 0.182. The molecule has 0 spiro atoms. The monoisotopic (exact) mass is 526 g/mol. The number of rotatable bonds is 5. The smallest absolute Gasteiger partial charge is 0.337 e. The van der Waals surface area contributed by atoms with Crippen LogP contribution in [0.15, 0.2) is 42.6 Å². The number of carboxylic acids is 1. The Kier molecular flexibility index (Phi) is 9.93. The molecule has 4 rings (SSSR count). The Morgan fingerprint density at radius 2 is 1.76 bits per heavy atom. The van der Waals surface area contributed by atoms with Gasteiger partial charge < -0.3 is 26.8 Å². The molecule has 6 N–H and O–H groups in total. The number of hydrogen-bond acceptors (Lipinski definition) is 7. The van der Waals surface area contributed by atoms with Gasteiger partial charge in [0.15, 0.2) is 0 Å². The lowest BCUT2D eigenvalue weighted by molar-refractivity contribution is -0.114. The summed E-state index contributed by atoms with van der Waals surface area (Å²) in [5, 5.41) is 12.1. The highest BCUT2D eigenvalue weighted by Gasteiger charge is 2.21. The summed E-state index contributed by atoms with van der Waals surface area (Å²) in [5.41, 5.74) is 16.6. The van der Waals surface area contributed by atoms with Crippen molar-refractivity contribution in [3.05, 3.63) is 59.3 Å². The second kappa shape index (κ2) is 11.7. The summed E-state index contributed by atoms with van der Waals surface area (Å²) in [7, 11) is 0. The van der Waals surface area contributed by atoms with Gasteiger partial charge >= 0.3 is 5.97 Å². The van der Waals surface area contributed by atoms with Crippen LogP contribution in [0.25, 0.3) is 11.1 Å². The van der Waals surface area contributed by atoms with E-state index in [0.717, 1.165) is 40.9 Å². The molecule has 3 aromatic rings.